The SMILES string of the molecule is CB(O)N1CCC(Oc2cc3c(cc2Br)CC(C(=O)c2cnn(-c4ccc(Oc5ccccc5F)c(C)c4)c2N)=C3)CC1. The topological polar surface area (TPSA) is 103 Å². The third-order valence-electron chi connectivity index (χ3n) is 8.01. The van der Waals surface area contributed by atoms with Gasteiger partial charge in [-0.1, -0.05) is 12.1 Å². The van der Waals surface area contributed by atoms with Crippen LogP contribution in [0.25, 0.3) is 11.8 Å². The summed E-state index contributed by atoms with van der Waals surface area (Å²) >= 11 is 3.64. The minimum Gasteiger partial charge on any atom is -0.489 e. The molecule has 43 heavy (non-hydrogen) atoms. The van der Waals surface area contributed by atoms with Crippen LogP contribution in [0.4, 0.5) is 10.2 Å². The normalized spacial score (nSPS) is 15.2. The Hall–Kier alpha value is -3.93. The number of ketones is 1. The molecule has 0 bridgehead atoms. The van der Waals surface area contributed by atoms with Crippen LogP contribution in [0.2, 0.25) is 6.82 Å². The Morgan fingerprint density at radius 3 is 2.60 bits per heavy atom. The number of aryl methyl sites for hydroxylation is 1. The van der Waals surface area contributed by atoms with Gasteiger partial charge in [-0.25, -0.2) is 9.07 Å². The largest absolute Gasteiger partial charge is 0.489 e. The first-order valence-electron chi connectivity index (χ1n) is 14.2. The number of Topliss-reactive ketones (excluding diaryl/α,β-unsaturated/α-hetero) is 1. The molecule has 1 saturated heterocycles. The van der Waals surface area contributed by atoms with Crippen molar-refractivity contribution in [3.8, 4) is 22.9 Å². The van der Waals surface area contributed by atoms with Gasteiger partial charge in [-0.2, -0.15) is 5.10 Å². The maximum Gasteiger partial charge on any atom is 0.376 e. The molecule has 1 aliphatic carbocycles. The van der Waals surface area contributed by atoms with Crippen molar-refractivity contribution in [2.24, 2.45) is 0 Å². The van der Waals surface area contributed by atoms with E-state index in [1.165, 1.54) is 16.9 Å². The summed E-state index contributed by atoms with van der Waals surface area (Å²) in [7, 11) is -0.453. The number of halogens is 2. The van der Waals surface area contributed by atoms with Crippen molar-refractivity contribution in [1.82, 2.24) is 14.6 Å². The Kier molecular flexibility index (Phi) is 8.13. The number of aromatic nitrogens is 2. The molecular weight excluding hydrogens is 614 g/mol. The summed E-state index contributed by atoms with van der Waals surface area (Å²) in [5.74, 6) is 0.991. The number of nitrogen functional groups attached to an aromatic ring is 1. The van der Waals surface area contributed by atoms with E-state index in [-0.39, 0.29) is 23.5 Å². The summed E-state index contributed by atoms with van der Waals surface area (Å²) < 4.78 is 28.5. The van der Waals surface area contributed by atoms with E-state index in [2.05, 4.69) is 21.0 Å². The number of anilines is 1. The zero-order valence-electron chi connectivity index (χ0n) is 23.9. The highest BCUT2D eigenvalue weighted by molar-refractivity contribution is 9.10. The Bertz CT molecular complexity index is 1730. The van der Waals surface area contributed by atoms with Gasteiger partial charge < -0.3 is 25.0 Å². The van der Waals surface area contributed by atoms with Gasteiger partial charge in [-0.05, 0) is 121 Å². The van der Waals surface area contributed by atoms with Crippen molar-refractivity contribution in [2.45, 2.75) is 39.1 Å². The molecule has 11 heteroatoms. The van der Waals surface area contributed by atoms with E-state index in [4.69, 9.17) is 15.2 Å². The minimum absolute atomic E-state index is 0.0604. The maximum absolute atomic E-state index is 14.1. The molecule has 1 aliphatic heterocycles. The van der Waals surface area contributed by atoms with Gasteiger partial charge in [-0.3, -0.25) is 4.79 Å². The lowest BCUT2D eigenvalue weighted by Crippen LogP contribution is -2.45. The number of piperidine rings is 1. The fourth-order valence-corrected chi connectivity index (χ4v) is 6.05. The molecule has 2 heterocycles. The highest BCUT2D eigenvalue weighted by atomic mass is 79.9. The molecule has 1 aromatic heterocycles. The summed E-state index contributed by atoms with van der Waals surface area (Å²) in [6.07, 6.45) is 5.58. The molecule has 2 aliphatic rings. The number of hydrogen-bond donors (Lipinski definition) is 2. The lowest BCUT2D eigenvalue weighted by atomic mass is 9.82. The number of fused-ring (bicyclic) bond motifs is 1. The Balaban J connectivity index is 1.17. The number of nitrogens with two attached hydrogens (primary N) is 1. The lowest BCUT2D eigenvalue weighted by molar-refractivity contribution is 0.103. The molecule has 1 fully saturated rings. The van der Waals surface area contributed by atoms with Crippen molar-refractivity contribution >= 4 is 40.7 Å². The van der Waals surface area contributed by atoms with E-state index in [9.17, 15) is 14.2 Å². The molecule has 3 N–H and O–H groups in total. The Morgan fingerprint density at radius 2 is 1.88 bits per heavy atom. The second kappa shape index (κ2) is 12.0. The molecule has 0 amide bonds. The zero-order chi connectivity index (χ0) is 30.2. The van der Waals surface area contributed by atoms with Crippen LogP contribution >= 0.6 is 15.9 Å². The fraction of sp³-hybridized carbons (Fsp3) is 0.250. The van der Waals surface area contributed by atoms with Crippen LogP contribution < -0.4 is 15.2 Å². The summed E-state index contributed by atoms with van der Waals surface area (Å²) in [5.41, 5.74) is 10.8. The first kappa shape index (κ1) is 29.2. The third-order valence-corrected chi connectivity index (χ3v) is 8.63. The van der Waals surface area contributed by atoms with Crippen LogP contribution in [-0.4, -0.2) is 51.6 Å². The molecule has 3 aromatic carbocycles. The van der Waals surface area contributed by atoms with E-state index in [0.29, 0.717) is 29.0 Å². The van der Waals surface area contributed by atoms with Crippen molar-refractivity contribution in [1.29, 1.82) is 0 Å². The van der Waals surface area contributed by atoms with E-state index in [0.717, 1.165) is 52.8 Å². The van der Waals surface area contributed by atoms with Crippen LogP contribution in [0.1, 0.15) is 39.9 Å². The molecule has 0 radical (unpaired) electrons. The molecule has 0 unspecified atom stereocenters. The van der Waals surface area contributed by atoms with Crippen LogP contribution in [0, 0.1) is 12.7 Å². The molecule has 0 atom stereocenters. The number of benzene rings is 3. The average molecular weight is 645 g/mol. The van der Waals surface area contributed by atoms with E-state index in [1.54, 1.807) is 37.2 Å². The second-order valence-electron chi connectivity index (χ2n) is 11.0. The molecule has 6 rings (SSSR count). The Morgan fingerprint density at radius 1 is 1.12 bits per heavy atom. The molecule has 0 spiro atoms. The number of carbonyl (C=O) groups is 1. The first-order valence-corrected chi connectivity index (χ1v) is 15.0. The highest BCUT2D eigenvalue weighted by Crippen LogP contribution is 2.37. The zero-order valence-corrected chi connectivity index (χ0v) is 25.5. The summed E-state index contributed by atoms with van der Waals surface area (Å²) in [4.78, 5) is 15.6. The molecule has 0 saturated carbocycles. The van der Waals surface area contributed by atoms with Gasteiger partial charge in [0.15, 0.2) is 17.3 Å². The summed E-state index contributed by atoms with van der Waals surface area (Å²) in [6.45, 7) is 5.20. The number of allylic oxidation sites excluding steroid dienone is 1. The van der Waals surface area contributed by atoms with E-state index < -0.39 is 12.9 Å². The van der Waals surface area contributed by atoms with Crippen LogP contribution in [0.5, 0.6) is 17.2 Å². The van der Waals surface area contributed by atoms with Gasteiger partial charge in [-0.15, -0.1) is 0 Å². The van der Waals surface area contributed by atoms with Crippen molar-refractivity contribution in [2.75, 3.05) is 18.8 Å². The molecule has 4 aromatic rings. The molecule has 220 valence electrons. The van der Waals surface area contributed by atoms with Crippen LogP contribution in [0.3, 0.4) is 0 Å². The highest BCUT2D eigenvalue weighted by Gasteiger charge is 2.28. The van der Waals surface area contributed by atoms with Gasteiger partial charge in [0, 0.05) is 12.0 Å². The maximum atomic E-state index is 14.1. The van der Waals surface area contributed by atoms with Crippen LogP contribution in [-0.2, 0) is 6.42 Å². The Labute approximate surface area is 258 Å². The standard InChI is InChI=1S/C32H31BBrFN4O4/c1-19-13-23(7-8-28(19)43-29-6-4-3-5-27(29)35)39-32(36)25(18-37-39)31(40)22-14-20-16-26(34)30(17-21(20)15-22)42-24-9-11-38(12-10-24)33(2)41/h3-8,13,15-18,24,41H,9-12,14,36H2,1-2H3. The van der Waals surface area contributed by atoms with E-state index in [1.807, 2.05) is 36.0 Å². The van der Waals surface area contributed by atoms with Gasteiger partial charge >= 0.3 is 7.05 Å². The predicted molar refractivity (Wildman–Crippen MR) is 168 cm³/mol. The predicted octanol–water partition coefficient (Wildman–Crippen LogP) is 6.23. The second-order valence-corrected chi connectivity index (χ2v) is 11.8. The van der Waals surface area contributed by atoms with Gasteiger partial charge in [0.1, 0.15) is 23.4 Å². The van der Waals surface area contributed by atoms with Gasteiger partial charge in [0.05, 0.1) is 21.9 Å². The average Bonchev–Trinajstić information content (AvgIpc) is 3.58. The van der Waals surface area contributed by atoms with Crippen molar-refractivity contribution in [3.63, 3.8) is 0 Å². The lowest BCUT2D eigenvalue weighted by Gasteiger charge is -2.33. The smallest absolute Gasteiger partial charge is 0.376 e. The van der Waals surface area contributed by atoms with Gasteiger partial charge in [0.2, 0.25) is 0 Å². The number of nitrogens with zero attached hydrogens (tertiary/aromatic N) is 3. The minimum atomic E-state index is -0.453. The number of hydrogen-bond acceptors (Lipinski definition) is 7. The van der Waals surface area contributed by atoms with Crippen molar-refractivity contribution < 1.29 is 23.7 Å². The molecule has 8 nitrogen and oxygen atoms in total. The summed E-state index contributed by atoms with van der Waals surface area (Å²) in [6, 6.07) is 15.5. The van der Waals surface area contributed by atoms with Crippen LogP contribution in [0.15, 0.2) is 70.8 Å². The fourth-order valence-electron chi connectivity index (χ4n) is 5.56. The number of ether oxygens (including phenoxy) is 2. The third kappa shape index (κ3) is 5.97. The number of para-hydroxylation sites is 1. The number of rotatable bonds is 8. The monoisotopic (exact) mass is 644 g/mol. The quantitative estimate of drug-likeness (QED) is 0.173. The number of carbonyl (C=O) groups excluding carboxylic acids is 1. The van der Waals surface area contributed by atoms with E-state index >= 15 is 0 Å². The van der Waals surface area contributed by atoms with Gasteiger partial charge in [0.25, 0.3) is 0 Å². The van der Waals surface area contributed by atoms with Crippen molar-refractivity contribution in [3.05, 3.63) is 98.9 Å². The summed E-state index contributed by atoms with van der Waals surface area (Å²) in [5, 5.41) is 14.2. The molecular formula is C32H31BBrFN4O4. The first-order chi connectivity index (χ1) is 20.7.